The molecule has 1 aromatic carbocycles. The van der Waals surface area contributed by atoms with Gasteiger partial charge in [0.2, 0.25) is 5.91 Å². The van der Waals surface area contributed by atoms with Crippen molar-refractivity contribution in [1.82, 2.24) is 4.90 Å². The molecule has 0 aromatic heterocycles. The Labute approximate surface area is 113 Å². The second-order valence-corrected chi connectivity index (χ2v) is 4.68. The molecule has 1 amide bonds. The van der Waals surface area contributed by atoms with Crippen molar-refractivity contribution in [2.45, 2.75) is 12.5 Å². The highest BCUT2D eigenvalue weighted by atomic mass is 16.5. The van der Waals surface area contributed by atoms with Crippen molar-refractivity contribution in [2.75, 3.05) is 38.8 Å². The lowest BCUT2D eigenvalue weighted by atomic mass is 10.2. The molecule has 1 aliphatic heterocycles. The lowest BCUT2D eigenvalue weighted by molar-refractivity contribution is -0.131. The minimum atomic E-state index is -0.538. The molecule has 0 bridgehead atoms. The van der Waals surface area contributed by atoms with Gasteiger partial charge in [-0.15, -0.1) is 0 Å². The smallest absolute Gasteiger partial charge is 0.247 e. The molecule has 1 fully saturated rings. The lowest BCUT2D eigenvalue weighted by Gasteiger charge is -2.31. The largest absolute Gasteiger partial charge is 0.495 e. The van der Waals surface area contributed by atoms with Crippen LogP contribution in [0.25, 0.3) is 0 Å². The number of aliphatic hydroxyl groups is 1. The van der Waals surface area contributed by atoms with Gasteiger partial charge in [0.1, 0.15) is 11.8 Å². The van der Waals surface area contributed by atoms with Crippen molar-refractivity contribution in [3.8, 4) is 5.75 Å². The van der Waals surface area contributed by atoms with Crippen molar-refractivity contribution in [3.63, 3.8) is 0 Å². The van der Waals surface area contributed by atoms with E-state index in [1.54, 1.807) is 19.1 Å². The number of benzene rings is 1. The fourth-order valence-corrected chi connectivity index (χ4v) is 2.46. The first-order chi connectivity index (χ1) is 9.19. The summed E-state index contributed by atoms with van der Waals surface area (Å²) in [6.45, 7) is 1.24. The van der Waals surface area contributed by atoms with Crippen LogP contribution in [0, 0.1) is 0 Å². The second-order valence-electron chi connectivity index (χ2n) is 4.68. The number of amides is 1. The van der Waals surface area contributed by atoms with E-state index < -0.39 is 6.04 Å². The van der Waals surface area contributed by atoms with Crippen LogP contribution < -0.4 is 9.64 Å². The summed E-state index contributed by atoms with van der Waals surface area (Å²) in [5.41, 5.74) is 0.854. The highest BCUT2D eigenvalue weighted by Gasteiger charge is 2.31. The molecule has 1 aromatic rings. The van der Waals surface area contributed by atoms with Gasteiger partial charge in [-0.25, -0.2) is 0 Å². The average Bonchev–Trinajstić information content (AvgIpc) is 2.58. The molecule has 1 saturated heterocycles. The Kier molecular flexibility index (Phi) is 4.27. The summed E-state index contributed by atoms with van der Waals surface area (Å²) in [5.74, 6) is 0.671. The third-order valence-corrected chi connectivity index (χ3v) is 3.50. The molecule has 0 aliphatic carbocycles. The molecular formula is C14H20N2O3. The zero-order valence-electron chi connectivity index (χ0n) is 11.4. The number of hydrogen-bond acceptors (Lipinski definition) is 4. The summed E-state index contributed by atoms with van der Waals surface area (Å²) in [5, 5.41) is 9.57. The maximum Gasteiger partial charge on any atom is 0.247 e. The zero-order chi connectivity index (χ0) is 13.8. The minimum Gasteiger partial charge on any atom is -0.495 e. The van der Waals surface area contributed by atoms with Crippen molar-refractivity contribution in [3.05, 3.63) is 24.3 Å². The van der Waals surface area contributed by atoms with E-state index in [1.165, 1.54) is 0 Å². The predicted octanol–water partition coefficient (Wildman–Crippen LogP) is 0.725. The van der Waals surface area contributed by atoms with Crippen molar-refractivity contribution >= 4 is 11.6 Å². The molecule has 0 saturated carbocycles. The first-order valence-electron chi connectivity index (χ1n) is 6.44. The van der Waals surface area contributed by atoms with Gasteiger partial charge >= 0.3 is 0 Å². The van der Waals surface area contributed by atoms with E-state index in [-0.39, 0.29) is 12.5 Å². The number of carbonyl (C=O) groups is 1. The van der Waals surface area contributed by atoms with E-state index in [2.05, 4.69) is 0 Å². The maximum absolute atomic E-state index is 12.2. The summed E-state index contributed by atoms with van der Waals surface area (Å²) < 4.78 is 5.35. The van der Waals surface area contributed by atoms with Gasteiger partial charge in [-0.3, -0.25) is 4.79 Å². The fourth-order valence-electron chi connectivity index (χ4n) is 2.46. The second kappa shape index (κ2) is 5.93. The van der Waals surface area contributed by atoms with Gasteiger partial charge in [-0.1, -0.05) is 12.1 Å². The van der Waals surface area contributed by atoms with E-state index in [0.29, 0.717) is 6.54 Å². The molecule has 1 heterocycles. The monoisotopic (exact) mass is 264 g/mol. The molecule has 1 N–H and O–H groups in total. The molecule has 1 aliphatic rings. The Morgan fingerprint density at radius 3 is 2.79 bits per heavy atom. The molecular weight excluding hydrogens is 244 g/mol. The number of carbonyl (C=O) groups excluding carboxylic acids is 1. The number of anilines is 1. The van der Waals surface area contributed by atoms with Gasteiger partial charge in [0.15, 0.2) is 0 Å². The Morgan fingerprint density at radius 2 is 2.11 bits per heavy atom. The normalized spacial score (nSPS) is 20.4. The van der Waals surface area contributed by atoms with Crippen molar-refractivity contribution in [1.29, 1.82) is 0 Å². The van der Waals surface area contributed by atoms with Crippen molar-refractivity contribution < 1.29 is 14.6 Å². The number of likely N-dealkylation sites (N-methyl/N-ethyl adjacent to an activating group) is 1. The van der Waals surface area contributed by atoms with Gasteiger partial charge in [-0.2, -0.15) is 0 Å². The average molecular weight is 264 g/mol. The molecule has 1 unspecified atom stereocenters. The summed E-state index contributed by atoms with van der Waals surface area (Å²) in [6.07, 6.45) is 0.872. The molecule has 5 nitrogen and oxygen atoms in total. The number of rotatable bonds is 3. The van der Waals surface area contributed by atoms with E-state index in [1.807, 2.05) is 29.2 Å². The number of hydrogen-bond donors (Lipinski definition) is 1. The third-order valence-electron chi connectivity index (χ3n) is 3.50. The summed E-state index contributed by atoms with van der Waals surface area (Å²) in [4.78, 5) is 15.9. The highest BCUT2D eigenvalue weighted by Crippen LogP contribution is 2.30. The molecule has 0 radical (unpaired) electrons. The first-order valence-corrected chi connectivity index (χ1v) is 6.44. The van der Waals surface area contributed by atoms with E-state index in [0.717, 1.165) is 24.4 Å². The Hall–Kier alpha value is -1.75. The number of para-hydroxylation sites is 2. The Balaban J connectivity index is 2.37. The molecule has 5 heteroatoms. The van der Waals surface area contributed by atoms with Crippen LogP contribution in [0.5, 0.6) is 5.75 Å². The third kappa shape index (κ3) is 2.66. The highest BCUT2D eigenvalue weighted by molar-refractivity contribution is 5.86. The molecule has 104 valence electrons. The lowest BCUT2D eigenvalue weighted by Crippen LogP contribution is -2.47. The zero-order valence-corrected chi connectivity index (χ0v) is 11.4. The van der Waals surface area contributed by atoms with Crippen LogP contribution in [0.1, 0.15) is 6.42 Å². The summed E-state index contributed by atoms with van der Waals surface area (Å²) >= 11 is 0. The fraction of sp³-hybridized carbons (Fsp3) is 0.500. The van der Waals surface area contributed by atoms with Crippen LogP contribution in [0.2, 0.25) is 0 Å². The van der Waals surface area contributed by atoms with Gasteiger partial charge in [0.05, 0.1) is 19.4 Å². The number of aliphatic hydroxyl groups excluding tert-OH is 1. The van der Waals surface area contributed by atoms with Gasteiger partial charge in [-0.05, 0) is 18.6 Å². The van der Waals surface area contributed by atoms with Crippen LogP contribution in [-0.4, -0.2) is 55.8 Å². The van der Waals surface area contributed by atoms with Crippen LogP contribution in [0.4, 0.5) is 5.69 Å². The number of nitrogens with zero attached hydrogens (tertiary/aromatic N) is 2. The molecule has 0 spiro atoms. The Morgan fingerprint density at radius 1 is 1.37 bits per heavy atom. The van der Waals surface area contributed by atoms with Crippen LogP contribution in [0.3, 0.4) is 0 Å². The van der Waals surface area contributed by atoms with Crippen LogP contribution in [-0.2, 0) is 4.79 Å². The first kappa shape index (κ1) is 13.7. The maximum atomic E-state index is 12.2. The van der Waals surface area contributed by atoms with Crippen LogP contribution in [0.15, 0.2) is 24.3 Å². The minimum absolute atomic E-state index is 0.0501. The number of ether oxygens (including phenoxy) is 1. The summed E-state index contributed by atoms with van der Waals surface area (Å²) in [6, 6.07) is 7.04. The van der Waals surface area contributed by atoms with E-state index >= 15 is 0 Å². The topological polar surface area (TPSA) is 53.0 Å². The van der Waals surface area contributed by atoms with E-state index in [4.69, 9.17) is 4.74 Å². The van der Waals surface area contributed by atoms with Gasteiger partial charge in [0.25, 0.3) is 0 Å². The quantitative estimate of drug-likeness (QED) is 0.874. The molecule has 1 atom stereocenters. The van der Waals surface area contributed by atoms with Gasteiger partial charge < -0.3 is 19.6 Å². The predicted molar refractivity (Wildman–Crippen MR) is 73.5 cm³/mol. The summed E-state index contributed by atoms with van der Waals surface area (Å²) in [7, 11) is 3.38. The SMILES string of the molecule is COc1ccccc1N1CCCN(C)C(=O)C1CO. The van der Waals surface area contributed by atoms with E-state index in [9.17, 15) is 9.90 Å². The van der Waals surface area contributed by atoms with Gasteiger partial charge in [0, 0.05) is 20.1 Å². The van der Waals surface area contributed by atoms with Crippen molar-refractivity contribution in [2.24, 2.45) is 0 Å². The number of methoxy groups -OCH3 is 1. The standard InChI is InChI=1S/C14H20N2O3/c1-15-8-5-9-16(12(10-17)14(15)18)11-6-3-4-7-13(11)19-2/h3-4,6-7,12,17H,5,8-10H2,1-2H3. The van der Waals surface area contributed by atoms with Crippen LogP contribution >= 0.6 is 0 Å². The molecule has 2 rings (SSSR count). The Bertz CT molecular complexity index is 450. The molecule has 19 heavy (non-hydrogen) atoms.